The van der Waals surface area contributed by atoms with Gasteiger partial charge in [-0.25, -0.2) is 0 Å². The topological polar surface area (TPSA) is 45.3 Å². The molecule has 0 saturated heterocycles. The van der Waals surface area contributed by atoms with E-state index in [9.17, 15) is 4.79 Å². The number of aromatic nitrogens is 1. The van der Waals surface area contributed by atoms with Crippen LogP contribution in [0.2, 0.25) is 0 Å². The highest BCUT2D eigenvalue weighted by molar-refractivity contribution is 6.05. The van der Waals surface area contributed by atoms with Gasteiger partial charge in [-0.3, -0.25) is 4.79 Å². The van der Waals surface area contributed by atoms with E-state index < -0.39 is 0 Å². The van der Waals surface area contributed by atoms with Gasteiger partial charge in [-0.1, -0.05) is 6.07 Å². The lowest BCUT2D eigenvalue weighted by Crippen LogP contribution is -2.00. The zero-order valence-electron chi connectivity index (χ0n) is 8.68. The second kappa shape index (κ2) is 3.21. The number of ketones is 1. The second-order valence-electron chi connectivity index (χ2n) is 4.15. The summed E-state index contributed by atoms with van der Waals surface area (Å²) in [5.74, 6) is 0.378. The van der Waals surface area contributed by atoms with Gasteiger partial charge >= 0.3 is 0 Å². The van der Waals surface area contributed by atoms with Gasteiger partial charge in [0.25, 0.3) is 0 Å². The van der Waals surface area contributed by atoms with E-state index in [0.717, 1.165) is 18.4 Å². The van der Waals surface area contributed by atoms with E-state index in [0.29, 0.717) is 11.3 Å². The van der Waals surface area contributed by atoms with Crippen molar-refractivity contribution < 1.29 is 4.79 Å². The molecule has 2 aromatic rings. The fourth-order valence-corrected chi connectivity index (χ4v) is 2.00. The summed E-state index contributed by atoms with van der Waals surface area (Å²) in [4.78, 5) is 12.0. The summed E-state index contributed by atoms with van der Waals surface area (Å²) < 4.78 is 1.77. The predicted molar refractivity (Wildman–Crippen MR) is 59.2 cm³/mol. The standard InChI is InChI=1S/C13H10N2O/c14-8-10-7-11(13(16)9-4-5-9)12-3-1-2-6-15(10)12/h1-3,6-7,9H,4-5H2. The Hall–Kier alpha value is -2.08. The third kappa shape index (κ3) is 1.24. The number of rotatable bonds is 2. The third-order valence-electron chi connectivity index (χ3n) is 3.00. The molecule has 0 aromatic carbocycles. The van der Waals surface area contributed by atoms with E-state index in [1.54, 1.807) is 10.5 Å². The van der Waals surface area contributed by atoms with E-state index in [1.165, 1.54) is 0 Å². The average molecular weight is 210 g/mol. The van der Waals surface area contributed by atoms with Gasteiger partial charge < -0.3 is 4.40 Å². The van der Waals surface area contributed by atoms with Crippen molar-refractivity contribution in [1.82, 2.24) is 4.40 Å². The molecule has 3 heteroatoms. The number of hydrogen-bond donors (Lipinski definition) is 0. The van der Waals surface area contributed by atoms with Crippen LogP contribution in [-0.2, 0) is 0 Å². The zero-order valence-corrected chi connectivity index (χ0v) is 8.68. The van der Waals surface area contributed by atoms with Crippen molar-refractivity contribution in [3.8, 4) is 6.07 Å². The van der Waals surface area contributed by atoms with Crippen LogP contribution in [0.5, 0.6) is 0 Å². The maximum Gasteiger partial charge on any atom is 0.168 e. The first-order valence-corrected chi connectivity index (χ1v) is 5.35. The summed E-state index contributed by atoms with van der Waals surface area (Å²) in [5.41, 5.74) is 2.07. The van der Waals surface area contributed by atoms with Crippen LogP contribution in [0.15, 0.2) is 30.5 Å². The summed E-state index contributed by atoms with van der Waals surface area (Å²) in [6.07, 6.45) is 3.80. The molecule has 0 N–H and O–H groups in total. The lowest BCUT2D eigenvalue weighted by molar-refractivity contribution is 0.0969. The van der Waals surface area contributed by atoms with E-state index in [4.69, 9.17) is 5.26 Å². The minimum absolute atomic E-state index is 0.185. The minimum atomic E-state index is 0.185. The summed E-state index contributed by atoms with van der Waals surface area (Å²) in [7, 11) is 0. The van der Waals surface area contributed by atoms with Gasteiger partial charge in [-0.15, -0.1) is 0 Å². The third-order valence-corrected chi connectivity index (χ3v) is 3.00. The predicted octanol–water partition coefficient (Wildman–Crippen LogP) is 2.40. The lowest BCUT2D eigenvalue weighted by atomic mass is 10.1. The SMILES string of the molecule is N#Cc1cc(C(=O)C2CC2)c2ccccn12. The largest absolute Gasteiger partial charge is 0.308 e. The summed E-state index contributed by atoms with van der Waals surface area (Å²) in [6, 6.07) is 9.45. The average Bonchev–Trinajstić information content (AvgIpc) is 3.09. The first-order valence-electron chi connectivity index (χ1n) is 5.35. The number of hydrogen-bond acceptors (Lipinski definition) is 2. The number of pyridine rings is 1. The van der Waals surface area contributed by atoms with Crippen LogP contribution in [0.25, 0.3) is 5.52 Å². The maximum atomic E-state index is 12.0. The molecule has 0 bridgehead atoms. The molecule has 16 heavy (non-hydrogen) atoms. The van der Waals surface area contributed by atoms with E-state index >= 15 is 0 Å². The molecule has 78 valence electrons. The van der Waals surface area contributed by atoms with Crippen LogP contribution in [0.1, 0.15) is 28.9 Å². The molecular formula is C13H10N2O. The number of fused-ring (bicyclic) bond motifs is 1. The van der Waals surface area contributed by atoms with Crippen molar-refractivity contribution in [2.24, 2.45) is 5.92 Å². The van der Waals surface area contributed by atoms with Crippen LogP contribution in [0.3, 0.4) is 0 Å². The lowest BCUT2D eigenvalue weighted by Gasteiger charge is -1.97. The normalized spacial score (nSPS) is 14.9. The maximum absolute atomic E-state index is 12.0. The molecule has 0 spiro atoms. The smallest absolute Gasteiger partial charge is 0.168 e. The van der Waals surface area contributed by atoms with Crippen molar-refractivity contribution in [3.63, 3.8) is 0 Å². The van der Waals surface area contributed by atoms with Gasteiger partial charge in [0.15, 0.2) is 5.78 Å². The molecule has 1 aliphatic rings. The molecule has 1 fully saturated rings. The van der Waals surface area contributed by atoms with Crippen molar-refractivity contribution in [3.05, 3.63) is 41.7 Å². The van der Waals surface area contributed by atoms with Crippen molar-refractivity contribution in [2.45, 2.75) is 12.8 Å². The van der Waals surface area contributed by atoms with Crippen molar-refractivity contribution in [1.29, 1.82) is 5.26 Å². The number of nitriles is 1. The molecule has 3 nitrogen and oxygen atoms in total. The Balaban J connectivity index is 2.25. The van der Waals surface area contributed by atoms with Crippen LogP contribution in [-0.4, -0.2) is 10.2 Å². The molecule has 1 aliphatic carbocycles. The quantitative estimate of drug-likeness (QED) is 0.714. The second-order valence-corrected chi connectivity index (χ2v) is 4.15. The number of carbonyl (C=O) groups excluding carboxylic acids is 1. The fourth-order valence-electron chi connectivity index (χ4n) is 2.00. The fraction of sp³-hybridized carbons (Fsp3) is 0.231. The molecule has 0 amide bonds. The molecule has 2 aromatic heterocycles. The van der Waals surface area contributed by atoms with Gasteiger partial charge in [0, 0.05) is 17.7 Å². The monoisotopic (exact) mass is 210 g/mol. The van der Waals surface area contributed by atoms with Gasteiger partial charge in [-0.05, 0) is 31.0 Å². The molecule has 0 aliphatic heterocycles. The van der Waals surface area contributed by atoms with Gasteiger partial charge in [0.1, 0.15) is 11.8 Å². The number of carbonyl (C=O) groups is 1. The van der Waals surface area contributed by atoms with E-state index in [-0.39, 0.29) is 11.7 Å². The first kappa shape index (κ1) is 9.17. The highest BCUT2D eigenvalue weighted by atomic mass is 16.1. The zero-order chi connectivity index (χ0) is 11.1. The Labute approximate surface area is 92.9 Å². The first-order chi connectivity index (χ1) is 7.81. The van der Waals surface area contributed by atoms with E-state index in [2.05, 4.69) is 6.07 Å². The van der Waals surface area contributed by atoms with E-state index in [1.807, 2.05) is 24.4 Å². The Morgan fingerprint density at radius 2 is 2.25 bits per heavy atom. The summed E-state index contributed by atoms with van der Waals surface area (Å²) in [5, 5.41) is 9.00. The van der Waals surface area contributed by atoms with Crippen molar-refractivity contribution >= 4 is 11.3 Å². The Morgan fingerprint density at radius 1 is 1.44 bits per heavy atom. The minimum Gasteiger partial charge on any atom is -0.308 e. The Kier molecular flexibility index (Phi) is 1.84. The molecule has 3 rings (SSSR count). The number of nitrogens with zero attached hydrogens (tertiary/aromatic N) is 2. The molecular weight excluding hydrogens is 200 g/mol. The van der Waals surface area contributed by atoms with Crippen LogP contribution in [0, 0.1) is 17.2 Å². The summed E-state index contributed by atoms with van der Waals surface area (Å²) >= 11 is 0. The molecule has 1 saturated carbocycles. The van der Waals surface area contributed by atoms with Gasteiger partial charge in [0.2, 0.25) is 0 Å². The molecule has 2 heterocycles. The molecule has 0 unspecified atom stereocenters. The van der Waals surface area contributed by atoms with Crippen LogP contribution >= 0.6 is 0 Å². The highest BCUT2D eigenvalue weighted by Gasteiger charge is 2.32. The van der Waals surface area contributed by atoms with Crippen LogP contribution in [0.4, 0.5) is 0 Å². The van der Waals surface area contributed by atoms with Gasteiger partial charge in [0.05, 0.1) is 5.52 Å². The van der Waals surface area contributed by atoms with Gasteiger partial charge in [-0.2, -0.15) is 5.26 Å². The summed E-state index contributed by atoms with van der Waals surface area (Å²) in [6.45, 7) is 0. The molecule has 0 atom stereocenters. The molecule has 0 radical (unpaired) electrons. The number of Topliss-reactive ketones (excluding diaryl/α,β-unsaturated/α-hetero) is 1. The van der Waals surface area contributed by atoms with Crippen LogP contribution < -0.4 is 0 Å². The Morgan fingerprint density at radius 3 is 2.94 bits per heavy atom. The van der Waals surface area contributed by atoms with Crippen molar-refractivity contribution in [2.75, 3.05) is 0 Å². The highest BCUT2D eigenvalue weighted by Crippen LogP contribution is 2.34. The Bertz CT molecular complexity index is 614.